The molecule has 1 aromatic heterocycles. The van der Waals surface area contributed by atoms with E-state index in [0.717, 1.165) is 22.0 Å². The lowest BCUT2D eigenvalue weighted by molar-refractivity contribution is 0.432. The highest BCUT2D eigenvalue weighted by Gasteiger charge is 2.09. The first-order valence-electron chi connectivity index (χ1n) is 6.00. The van der Waals surface area contributed by atoms with Crippen LogP contribution in [-0.2, 0) is 0 Å². The van der Waals surface area contributed by atoms with Gasteiger partial charge >= 0.3 is 0 Å². The van der Waals surface area contributed by atoms with Crippen molar-refractivity contribution in [3.63, 3.8) is 0 Å². The van der Waals surface area contributed by atoms with Crippen LogP contribution in [0.3, 0.4) is 0 Å². The number of nitrogens with zero attached hydrogens (tertiary/aromatic N) is 2. The normalized spacial score (nSPS) is 11.1. The Balaban J connectivity index is 2.28. The highest BCUT2D eigenvalue weighted by Crippen LogP contribution is 2.25. The Morgan fingerprint density at radius 1 is 1.16 bits per heavy atom. The van der Waals surface area contributed by atoms with Gasteiger partial charge in [0.25, 0.3) is 0 Å². The summed E-state index contributed by atoms with van der Waals surface area (Å²) in [7, 11) is 0. The highest BCUT2D eigenvalue weighted by molar-refractivity contribution is 5.84. The molecule has 0 spiro atoms. The maximum absolute atomic E-state index is 13.4. The summed E-state index contributed by atoms with van der Waals surface area (Å²) < 4.78 is 15.1. The van der Waals surface area contributed by atoms with Crippen molar-refractivity contribution in [3.8, 4) is 11.4 Å². The van der Waals surface area contributed by atoms with Crippen LogP contribution in [0.4, 0.5) is 4.39 Å². The van der Waals surface area contributed by atoms with Crippen molar-refractivity contribution in [2.24, 2.45) is 0 Å². The molecule has 0 aliphatic rings. The predicted octanol–water partition coefficient (Wildman–Crippen LogP) is 3.49. The maximum atomic E-state index is 13.4. The zero-order chi connectivity index (χ0) is 13.6. The molecule has 1 N–H and O–H groups in total. The fourth-order valence-corrected chi connectivity index (χ4v) is 2.31. The Kier molecular flexibility index (Phi) is 2.52. The van der Waals surface area contributed by atoms with E-state index in [1.54, 1.807) is 16.9 Å². The third-order valence-corrected chi connectivity index (χ3v) is 3.22. The second-order valence-electron chi connectivity index (χ2n) is 4.71. The Labute approximate surface area is 109 Å². The Morgan fingerprint density at radius 2 is 1.95 bits per heavy atom. The van der Waals surface area contributed by atoms with Crippen molar-refractivity contribution < 1.29 is 9.50 Å². The monoisotopic (exact) mass is 256 g/mol. The second-order valence-corrected chi connectivity index (χ2v) is 4.71. The molecular formula is C15H13FN2O. The van der Waals surface area contributed by atoms with Crippen LogP contribution in [0.2, 0.25) is 0 Å². The first-order chi connectivity index (χ1) is 9.06. The lowest BCUT2D eigenvalue weighted by atomic mass is 10.1. The average molecular weight is 256 g/mol. The number of phenolic OH excluding ortho intramolecular Hbond substituents is 1. The zero-order valence-corrected chi connectivity index (χ0v) is 10.7. The van der Waals surface area contributed by atoms with E-state index in [-0.39, 0.29) is 5.75 Å². The van der Waals surface area contributed by atoms with Crippen molar-refractivity contribution in [1.29, 1.82) is 0 Å². The minimum atomic E-state index is -0.648. The van der Waals surface area contributed by atoms with Gasteiger partial charge in [0.1, 0.15) is 0 Å². The van der Waals surface area contributed by atoms with E-state index in [4.69, 9.17) is 0 Å². The van der Waals surface area contributed by atoms with Gasteiger partial charge in [-0.1, -0.05) is 6.07 Å². The maximum Gasteiger partial charge on any atom is 0.166 e. The fourth-order valence-electron chi connectivity index (χ4n) is 2.31. The van der Waals surface area contributed by atoms with Crippen molar-refractivity contribution >= 4 is 10.9 Å². The van der Waals surface area contributed by atoms with Crippen molar-refractivity contribution in [1.82, 2.24) is 9.78 Å². The van der Waals surface area contributed by atoms with Crippen LogP contribution < -0.4 is 0 Å². The van der Waals surface area contributed by atoms with E-state index in [0.29, 0.717) is 5.69 Å². The molecule has 19 heavy (non-hydrogen) atoms. The van der Waals surface area contributed by atoms with E-state index in [1.165, 1.54) is 12.1 Å². The lowest BCUT2D eigenvalue weighted by Crippen LogP contribution is -1.97. The van der Waals surface area contributed by atoms with E-state index < -0.39 is 5.82 Å². The molecule has 0 aliphatic heterocycles. The molecule has 1 heterocycles. The number of aryl methyl sites for hydroxylation is 2. The molecule has 3 rings (SSSR count). The van der Waals surface area contributed by atoms with Crippen LogP contribution in [0.1, 0.15) is 11.1 Å². The molecule has 0 aliphatic carbocycles. The van der Waals surface area contributed by atoms with Gasteiger partial charge in [0.15, 0.2) is 11.6 Å². The van der Waals surface area contributed by atoms with Gasteiger partial charge in [-0.05, 0) is 43.2 Å². The number of phenols is 1. The van der Waals surface area contributed by atoms with Crippen molar-refractivity contribution in [2.75, 3.05) is 0 Å². The van der Waals surface area contributed by atoms with Crippen LogP contribution in [0.5, 0.6) is 5.75 Å². The summed E-state index contributed by atoms with van der Waals surface area (Å²) >= 11 is 0. The molecule has 3 nitrogen and oxygen atoms in total. The molecule has 0 saturated carbocycles. The van der Waals surface area contributed by atoms with Crippen LogP contribution in [0.25, 0.3) is 16.6 Å². The minimum absolute atomic E-state index is 0.354. The van der Waals surface area contributed by atoms with Gasteiger partial charge in [-0.3, -0.25) is 0 Å². The zero-order valence-electron chi connectivity index (χ0n) is 10.7. The van der Waals surface area contributed by atoms with Gasteiger partial charge in [0, 0.05) is 11.5 Å². The number of hydrogen-bond donors (Lipinski definition) is 1. The number of aromatic hydroxyl groups is 1. The molecule has 0 fully saturated rings. The number of aromatic nitrogens is 2. The molecule has 0 saturated heterocycles. The second kappa shape index (κ2) is 4.09. The summed E-state index contributed by atoms with van der Waals surface area (Å²) in [6, 6.07) is 8.36. The Hall–Kier alpha value is -2.36. The minimum Gasteiger partial charge on any atom is -0.505 e. The average Bonchev–Trinajstić information content (AvgIpc) is 2.76. The molecular weight excluding hydrogens is 243 g/mol. The number of rotatable bonds is 1. The van der Waals surface area contributed by atoms with E-state index >= 15 is 0 Å². The van der Waals surface area contributed by atoms with Gasteiger partial charge in [-0.15, -0.1) is 0 Å². The van der Waals surface area contributed by atoms with Crippen LogP contribution in [0.15, 0.2) is 36.5 Å². The summed E-state index contributed by atoms with van der Waals surface area (Å²) in [5, 5.41) is 14.6. The molecule has 3 aromatic rings. The molecule has 96 valence electrons. The van der Waals surface area contributed by atoms with Gasteiger partial charge in [0.2, 0.25) is 0 Å². The van der Waals surface area contributed by atoms with Gasteiger partial charge in [-0.2, -0.15) is 5.10 Å². The summed E-state index contributed by atoms with van der Waals surface area (Å²) in [6.07, 6.45) is 1.77. The van der Waals surface area contributed by atoms with E-state index in [2.05, 4.69) is 11.2 Å². The van der Waals surface area contributed by atoms with Gasteiger partial charge < -0.3 is 5.11 Å². The molecule has 2 aromatic carbocycles. The third kappa shape index (κ3) is 1.85. The molecule has 0 radical (unpaired) electrons. The van der Waals surface area contributed by atoms with Crippen LogP contribution in [-0.4, -0.2) is 14.9 Å². The molecule has 0 bridgehead atoms. The fraction of sp³-hybridized carbons (Fsp3) is 0.133. The van der Waals surface area contributed by atoms with Crippen LogP contribution >= 0.6 is 0 Å². The SMILES string of the molecule is Cc1cc(C)c2cnn(-c3ccc(O)c(F)c3)c2c1. The smallest absolute Gasteiger partial charge is 0.166 e. The van der Waals surface area contributed by atoms with E-state index in [1.807, 2.05) is 19.9 Å². The number of fused-ring (bicyclic) bond motifs is 1. The van der Waals surface area contributed by atoms with E-state index in [9.17, 15) is 9.50 Å². The molecule has 0 amide bonds. The Morgan fingerprint density at radius 3 is 2.68 bits per heavy atom. The molecule has 0 atom stereocenters. The van der Waals surface area contributed by atoms with Gasteiger partial charge in [0.05, 0.1) is 17.4 Å². The quantitative estimate of drug-likeness (QED) is 0.723. The highest BCUT2D eigenvalue weighted by atomic mass is 19.1. The largest absolute Gasteiger partial charge is 0.505 e. The summed E-state index contributed by atoms with van der Waals surface area (Å²) in [5.41, 5.74) is 3.80. The third-order valence-electron chi connectivity index (χ3n) is 3.22. The first-order valence-corrected chi connectivity index (χ1v) is 6.00. The number of hydrogen-bond acceptors (Lipinski definition) is 2. The van der Waals surface area contributed by atoms with Crippen LogP contribution in [0, 0.1) is 19.7 Å². The predicted molar refractivity (Wildman–Crippen MR) is 72.2 cm³/mol. The van der Waals surface area contributed by atoms with Gasteiger partial charge in [-0.25, -0.2) is 9.07 Å². The van der Waals surface area contributed by atoms with Crippen molar-refractivity contribution in [2.45, 2.75) is 13.8 Å². The summed E-state index contributed by atoms with van der Waals surface area (Å²) in [5.74, 6) is -1.00. The Bertz CT molecular complexity index is 777. The molecule has 0 unspecified atom stereocenters. The van der Waals surface area contributed by atoms with Crippen molar-refractivity contribution in [3.05, 3.63) is 53.5 Å². The number of benzene rings is 2. The number of halogens is 1. The molecule has 4 heteroatoms. The topological polar surface area (TPSA) is 38.0 Å². The summed E-state index contributed by atoms with van der Waals surface area (Å²) in [4.78, 5) is 0. The summed E-state index contributed by atoms with van der Waals surface area (Å²) in [6.45, 7) is 4.04. The lowest BCUT2D eigenvalue weighted by Gasteiger charge is -2.06. The first kappa shape index (κ1) is 11.7. The standard InChI is InChI=1S/C15H13FN2O/c1-9-5-10(2)12-8-17-18(14(12)6-9)11-3-4-15(19)13(16)7-11/h3-8,19H,1-2H3.